The lowest BCUT2D eigenvalue weighted by Crippen LogP contribution is -2.55. The number of ether oxygens (including phenoxy) is 2. The van der Waals surface area contributed by atoms with Crippen LogP contribution >= 0.6 is 11.3 Å². The van der Waals surface area contributed by atoms with Crippen LogP contribution in [0, 0.1) is 6.92 Å². The average Bonchev–Trinajstić information content (AvgIpc) is 3.45. The number of Topliss-reactive ketones (excluding diaryl/α,β-unsaturated/α-hetero) is 1. The van der Waals surface area contributed by atoms with E-state index in [0.29, 0.717) is 28.8 Å². The molecule has 7 heteroatoms. The molecular weight excluding hydrogens is 422 g/mol. The van der Waals surface area contributed by atoms with Gasteiger partial charge in [0.2, 0.25) is 11.6 Å². The summed E-state index contributed by atoms with van der Waals surface area (Å²) in [7, 11) is 3.29. The third kappa shape index (κ3) is 2.99. The van der Waals surface area contributed by atoms with E-state index in [2.05, 4.69) is 43.0 Å². The molecule has 0 N–H and O–H groups in total. The van der Waals surface area contributed by atoms with Gasteiger partial charge in [0.05, 0.1) is 24.8 Å². The molecule has 6 nitrogen and oxygen atoms in total. The Labute approximate surface area is 191 Å². The minimum atomic E-state index is -0.676. The Balaban J connectivity index is 1.70. The van der Waals surface area contributed by atoms with Crippen LogP contribution < -0.4 is 14.5 Å². The number of hydrazone groups is 1. The Morgan fingerprint density at radius 2 is 1.81 bits per heavy atom. The van der Waals surface area contributed by atoms with Crippen molar-refractivity contribution in [1.29, 1.82) is 0 Å². The Kier molecular flexibility index (Phi) is 4.93. The van der Waals surface area contributed by atoms with E-state index in [4.69, 9.17) is 14.6 Å². The molecule has 2 aliphatic rings. The lowest BCUT2D eigenvalue weighted by molar-refractivity contribution is 0.103. The number of ketones is 1. The summed E-state index contributed by atoms with van der Waals surface area (Å²) in [4.78, 5) is 16.3. The van der Waals surface area contributed by atoms with Crippen molar-refractivity contribution in [3.8, 4) is 11.5 Å². The lowest BCUT2D eigenvalue weighted by atomic mass is 9.87. The third-order valence-electron chi connectivity index (χ3n) is 6.34. The van der Waals surface area contributed by atoms with E-state index < -0.39 is 5.66 Å². The number of thiophene rings is 1. The van der Waals surface area contributed by atoms with Gasteiger partial charge in [-0.2, -0.15) is 0 Å². The molecular formula is C25H25N3O3S. The Morgan fingerprint density at radius 3 is 2.47 bits per heavy atom. The van der Waals surface area contributed by atoms with Crippen LogP contribution in [0.3, 0.4) is 0 Å². The molecule has 32 heavy (non-hydrogen) atoms. The second-order valence-electron chi connectivity index (χ2n) is 8.16. The molecule has 1 unspecified atom stereocenters. The smallest absolute Gasteiger partial charge is 0.239 e. The number of hydrogen-bond donors (Lipinski definition) is 0. The van der Waals surface area contributed by atoms with Gasteiger partial charge in [-0.1, -0.05) is 23.8 Å². The summed E-state index contributed by atoms with van der Waals surface area (Å²) in [5, 5.41) is 8.81. The summed E-state index contributed by atoms with van der Waals surface area (Å²) in [6.45, 7) is 4.86. The van der Waals surface area contributed by atoms with Gasteiger partial charge in [0.1, 0.15) is 0 Å². The van der Waals surface area contributed by atoms with Crippen molar-refractivity contribution in [3.63, 3.8) is 0 Å². The van der Waals surface area contributed by atoms with Crippen molar-refractivity contribution in [2.75, 3.05) is 25.8 Å². The summed E-state index contributed by atoms with van der Waals surface area (Å²) >= 11 is 1.44. The minimum Gasteiger partial charge on any atom is -0.493 e. The van der Waals surface area contributed by atoms with Crippen molar-refractivity contribution < 1.29 is 14.3 Å². The molecule has 0 aliphatic carbocycles. The standard InChI is InChI=1S/C25H25N3O3S/c1-16-7-9-18(10-8-16)28-25(2)19-15-21(31-4)20(30-3)14-17(19)11-12-27(25)24(26-28)23(29)22-6-5-13-32-22/h5-10,13-15H,11-12H2,1-4H3. The maximum absolute atomic E-state index is 13.4. The zero-order valence-corrected chi connectivity index (χ0v) is 19.4. The van der Waals surface area contributed by atoms with Crippen LogP contribution in [-0.2, 0) is 12.1 Å². The number of anilines is 1. The van der Waals surface area contributed by atoms with Gasteiger partial charge >= 0.3 is 0 Å². The molecule has 164 valence electrons. The highest BCUT2D eigenvalue weighted by Gasteiger charge is 2.52. The van der Waals surface area contributed by atoms with Gasteiger partial charge in [-0.25, -0.2) is 5.01 Å². The van der Waals surface area contributed by atoms with Gasteiger partial charge in [-0.3, -0.25) is 4.79 Å². The van der Waals surface area contributed by atoms with Crippen molar-refractivity contribution in [1.82, 2.24) is 4.90 Å². The highest BCUT2D eigenvalue weighted by Crippen LogP contribution is 2.48. The zero-order valence-electron chi connectivity index (χ0n) is 18.6. The van der Waals surface area contributed by atoms with Gasteiger partial charge in [0.15, 0.2) is 17.2 Å². The number of benzene rings is 2. The fourth-order valence-electron chi connectivity index (χ4n) is 4.63. The van der Waals surface area contributed by atoms with E-state index in [1.807, 2.05) is 34.7 Å². The van der Waals surface area contributed by atoms with Gasteiger partial charge in [0.25, 0.3) is 0 Å². The fourth-order valence-corrected chi connectivity index (χ4v) is 5.29. The summed E-state index contributed by atoms with van der Waals surface area (Å²) in [6.07, 6.45) is 0.782. The lowest BCUT2D eigenvalue weighted by Gasteiger charge is -2.46. The van der Waals surface area contributed by atoms with Gasteiger partial charge in [-0.15, -0.1) is 16.4 Å². The van der Waals surface area contributed by atoms with Crippen molar-refractivity contribution >= 4 is 28.6 Å². The number of methoxy groups -OCH3 is 2. The molecule has 0 spiro atoms. The number of carbonyl (C=O) groups excluding carboxylic acids is 1. The van der Waals surface area contributed by atoms with E-state index >= 15 is 0 Å². The summed E-state index contributed by atoms with van der Waals surface area (Å²) in [5.74, 6) is 1.79. The first-order valence-electron chi connectivity index (χ1n) is 10.5. The molecule has 1 atom stereocenters. The zero-order chi connectivity index (χ0) is 22.5. The van der Waals surface area contributed by atoms with E-state index in [1.54, 1.807) is 14.2 Å². The number of carbonyl (C=O) groups is 1. The molecule has 0 bridgehead atoms. The largest absolute Gasteiger partial charge is 0.493 e. The highest BCUT2D eigenvalue weighted by atomic mass is 32.1. The normalized spacial score (nSPS) is 19.3. The maximum Gasteiger partial charge on any atom is 0.239 e. The van der Waals surface area contributed by atoms with Crippen molar-refractivity contribution in [2.45, 2.75) is 25.9 Å². The van der Waals surface area contributed by atoms with E-state index in [9.17, 15) is 4.79 Å². The van der Waals surface area contributed by atoms with Crippen LogP contribution in [-0.4, -0.2) is 37.3 Å². The third-order valence-corrected chi connectivity index (χ3v) is 7.21. The van der Waals surface area contributed by atoms with Crippen LogP contribution in [0.1, 0.15) is 33.3 Å². The Morgan fingerprint density at radius 1 is 1.09 bits per heavy atom. The van der Waals surface area contributed by atoms with Crippen LogP contribution in [0.2, 0.25) is 0 Å². The SMILES string of the molecule is COc1cc2c(cc1OC)C1(C)N(CC2)C(C(=O)c2cccs2)=NN1c1ccc(C)cc1. The quantitative estimate of drug-likeness (QED) is 0.525. The second kappa shape index (κ2) is 7.67. The van der Waals surface area contributed by atoms with Crippen molar-refractivity contribution in [2.24, 2.45) is 5.10 Å². The van der Waals surface area contributed by atoms with Gasteiger partial charge < -0.3 is 14.4 Å². The first-order valence-corrected chi connectivity index (χ1v) is 11.4. The minimum absolute atomic E-state index is 0.0511. The number of hydrogen-bond acceptors (Lipinski definition) is 7. The molecule has 0 saturated carbocycles. The average molecular weight is 448 g/mol. The monoisotopic (exact) mass is 447 g/mol. The second-order valence-corrected chi connectivity index (χ2v) is 9.11. The molecule has 3 heterocycles. The van der Waals surface area contributed by atoms with Crippen LogP contribution in [0.5, 0.6) is 11.5 Å². The summed E-state index contributed by atoms with van der Waals surface area (Å²) in [6, 6.07) is 16.1. The topological polar surface area (TPSA) is 54.4 Å². The van der Waals surface area contributed by atoms with E-state index in [1.165, 1.54) is 22.5 Å². The molecule has 0 fully saturated rings. The predicted molar refractivity (Wildman–Crippen MR) is 127 cm³/mol. The summed E-state index contributed by atoms with van der Waals surface area (Å²) < 4.78 is 11.2. The number of aryl methyl sites for hydroxylation is 1. The van der Waals surface area contributed by atoms with E-state index in [-0.39, 0.29) is 5.78 Å². The van der Waals surface area contributed by atoms with Crippen LogP contribution in [0.15, 0.2) is 59.0 Å². The van der Waals surface area contributed by atoms with Gasteiger partial charge in [0, 0.05) is 12.1 Å². The highest BCUT2D eigenvalue weighted by molar-refractivity contribution is 7.13. The molecule has 0 radical (unpaired) electrons. The predicted octanol–water partition coefficient (Wildman–Crippen LogP) is 4.82. The molecule has 3 aromatic rings. The maximum atomic E-state index is 13.4. The number of nitrogens with zero attached hydrogens (tertiary/aromatic N) is 3. The fraction of sp³-hybridized carbons (Fsp3) is 0.280. The van der Waals surface area contributed by atoms with Crippen LogP contribution in [0.25, 0.3) is 0 Å². The first kappa shape index (κ1) is 20.6. The number of amidine groups is 1. The molecule has 1 aromatic heterocycles. The number of rotatable bonds is 5. The Bertz CT molecular complexity index is 1200. The molecule has 0 amide bonds. The van der Waals surface area contributed by atoms with Crippen LogP contribution in [0.4, 0.5) is 5.69 Å². The number of fused-ring (bicyclic) bond motifs is 3. The van der Waals surface area contributed by atoms with E-state index in [0.717, 1.165) is 17.7 Å². The summed E-state index contributed by atoms with van der Waals surface area (Å²) in [5.41, 5.74) is 3.65. The Hall–Kier alpha value is -3.32. The van der Waals surface area contributed by atoms with Gasteiger partial charge in [-0.05, 0) is 61.5 Å². The van der Waals surface area contributed by atoms with Crippen molar-refractivity contribution in [3.05, 3.63) is 75.5 Å². The first-order chi connectivity index (χ1) is 15.5. The molecule has 2 aromatic carbocycles. The molecule has 2 aliphatic heterocycles. The molecule has 0 saturated heterocycles. The molecule has 5 rings (SSSR count).